The summed E-state index contributed by atoms with van der Waals surface area (Å²) in [5, 5.41) is 12.1. The Balaban J connectivity index is 0.000000179. The summed E-state index contributed by atoms with van der Waals surface area (Å²) in [6, 6.07) is 24.0. The van der Waals surface area contributed by atoms with Crippen molar-refractivity contribution < 1.29 is 70.0 Å². The van der Waals surface area contributed by atoms with Gasteiger partial charge in [0, 0.05) is 75.9 Å². The zero-order valence-electron chi connectivity index (χ0n) is 55.9. The van der Waals surface area contributed by atoms with E-state index in [1.165, 1.54) is 131 Å². The van der Waals surface area contributed by atoms with Gasteiger partial charge in [0.25, 0.3) is 20.0 Å². The molecule has 1 atom stereocenters. The summed E-state index contributed by atoms with van der Waals surface area (Å²) in [5.41, 5.74) is 1.53. The van der Waals surface area contributed by atoms with Crippen molar-refractivity contribution in [2.24, 2.45) is 0 Å². The Morgan fingerprint density at radius 1 is 0.465 bits per heavy atom. The van der Waals surface area contributed by atoms with Crippen molar-refractivity contribution in [2.45, 2.75) is 71.3 Å². The second kappa shape index (κ2) is 29.7. The van der Waals surface area contributed by atoms with E-state index in [1.807, 2.05) is 13.8 Å². The molecule has 0 aliphatic heterocycles. The number of anilines is 3. The molecule has 0 amide bonds. The summed E-state index contributed by atoms with van der Waals surface area (Å²) in [5.74, 6) is -4.50. The van der Waals surface area contributed by atoms with Gasteiger partial charge >= 0.3 is 30.6 Å². The van der Waals surface area contributed by atoms with Gasteiger partial charge < -0.3 is 10.1 Å². The fourth-order valence-corrected chi connectivity index (χ4v) is 15.6. The number of carbonyl (C=O) groups excluding carboxylic acids is 2. The second-order valence-electron chi connectivity index (χ2n) is 22.7. The van der Waals surface area contributed by atoms with E-state index in [0.29, 0.717) is 28.1 Å². The van der Waals surface area contributed by atoms with Gasteiger partial charge in [0.2, 0.25) is 0 Å². The number of rotatable bonds is 22. The van der Waals surface area contributed by atoms with Crippen LogP contribution in [0.15, 0.2) is 150 Å². The summed E-state index contributed by atoms with van der Waals surface area (Å²) >= 11 is 0. The topological polar surface area (TPSA) is 374 Å². The van der Waals surface area contributed by atoms with Gasteiger partial charge in [-0.2, -0.15) is 38.2 Å². The minimum Gasteiger partial charge on any atom is -0.383 e. The monoisotopic (exact) mass is 1480 g/mol. The average molecular weight is 1480 g/mol. The van der Waals surface area contributed by atoms with Crippen molar-refractivity contribution in [3.8, 4) is 0 Å². The van der Waals surface area contributed by atoms with Crippen LogP contribution >= 0.6 is 0 Å². The molecule has 28 nitrogen and oxygen atoms in total. The highest BCUT2D eigenvalue weighted by molar-refractivity contribution is 7.91. The lowest BCUT2D eigenvalue weighted by molar-refractivity contribution is 0.102. The Morgan fingerprint density at radius 2 is 0.842 bits per heavy atom. The van der Waals surface area contributed by atoms with Crippen LogP contribution in [0.3, 0.4) is 0 Å². The minimum absolute atomic E-state index is 0.00920. The van der Waals surface area contributed by atoms with Gasteiger partial charge in [-0.05, 0) is 89.2 Å². The van der Waals surface area contributed by atoms with Crippen LogP contribution in [0, 0.1) is 52.1 Å². The molecule has 0 radical (unpaired) electrons. The van der Waals surface area contributed by atoms with Crippen molar-refractivity contribution in [3.05, 3.63) is 220 Å². The third-order valence-corrected chi connectivity index (χ3v) is 24.2. The maximum atomic E-state index is 15.5. The maximum Gasteiger partial charge on any atom is 0.301 e. The van der Waals surface area contributed by atoms with E-state index in [-0.39, 0.29) is 90.7 Å². The van der Waals surface area contributed by atoms with Crippen molar-refractivity contribution in [3.63, 3.8) is 0 Å². The molecule has 532 valence electrons. The van der Waals surface area contributed by atoms with Gasteiger partial charge in [-0.1, -0.05) is 80.4 Å². The lowest BCUT2D eigenvalue weighted by Gasteiger charge is -2.18. The van der Waals surface area contributed by atoms with Gasteiger partial charge in [-0.3, -0.25) is 23.8 Å². The molecule has 0 spiro atoms. The van der Waals surface area contributed by atoms with Gasteiger partial charge in [0.15, 0.2) is 40.3 Å². The molecule has 0 aliphatic carbocycles. The molecule has 11 aromatic rings. The number of aromatic nitrogens is 9. The number of H-pyrrole nitrogens is 1. The maximum absolute atomic E-state index is 15.5. The fourth-order valence-electron chi connectivity index (χ4n) is 10.1. The van der Waals surface area contributed by atoms with E-state index in [1.54, 1.807) is 65.8 Å². The van der Waals surface area contributed by atoms with Gasteiger partial charge in [0.1, 0.15) is 30.7 Å². The molecule has 5 N–H and O–H groups in total. The predicted molar refractivity (Wildman–Crippen MR) is 373 cm³/mol. The van der Waals surface area contributed by atoms with Crippen LogP contribution in [0.25, 0.3) is 33.1 Å². The molecule has 0 bridgehead atoms. The molecule has 6 aromatic heterocycles. The molecule has 36 heteroatoms. The molecule has 11 rings (SSSR count). The van der Waals surface area contributed by atoms with Gasteiger partial charge in [-0.15, -0.1) is 0 Å². The summed E-state index contributed by atoms with van der Waals surface area (Å²) in [7, 11) is -16.3. The number of nitrogens with one attached hydrogen (secondary N) is 4. The molecule has 5 aromatic carbocycles. The van der Waals surface area contributed by atoms with Crippen LogP contribution in [0.5, 0.6) is 0 Å². The number of halogens is 3. The van der Waals surface area contributed by atoms with Gasteiger partial charge in [0.05, 0.1) is 77.0 Å². The molecule has 1 unspecified atom stereocenters. The van der Waals surface area contributed by atoms with Crippen molar-refractivity contribution in [2.75, 3.05) is 54.9 Å². The Kier molecular flexibility index (Phi) is 22.2. The highest BCUT2D eigenvalue weighted by Gasteiger charge is 2.33. The number of nitrogens with zero attached hydrogens (tertiary/aromatic N) is 11. The van der Waals surface area contributed by atoms with E-state index in [0.717, 1.165) is 38.2 Å². The minimum atomic E-state index is -4.17. The number of hydrogen-bond acceptors (Lipinski definition) is 19. The summed E-state index contributed by atoms with van der Waals surface area (Å²) < 4.78 is 185. The Bertz CT molecular complexity index is 5630. The highest BCUT2D eigenvalue weighted by atomic mass is 32.2. The van der Waals surface area contributed by atoms with Crippen LogP contribution in [-0.2, 0) is 50.7 Å². The first-order valence-corrected chi connectivity index (χ1v) is 37.7. The first kappa shape index (κ1) is 75.3. The molecule has 0 saturated heterocycles. The number of fused-ring (bicyclic) bond motifs is 3. The van der Waals surface area contributed by atoms with E-state index in [4.69, 9.17) is 0 Å². The quantitative estimate of drug-likeness (QED) is 0.0396. The molecule has 0 saturated carbocycles. The predicted octanol–water partition coefficient (Wildman–Crippen LogP) is 8.62. The standard InChI is InChI=1S/C24H26FN5O5S2.C24H24FN5O5S2.C17H18FN5O3S/c2*1-5-29(4)37(34,35)28-20-8-6-7-18(22(20)25)23(31)19-13-30(24-21(19)16(3)26-14-27-24)36(32,33)17-11-9-15(2)10-12-17;1-4-23(3)27(25,26)22-13-7-5-6-11(15(13)18)16(24)12-8-19-17-14(12)10(2)20-9-21-17/h6-14,23,28,31H,5H2,1-4H3;6-14,28H,5H2,1-4H3;5-9,22H,4H2,1-3H3,(H,19,20,21). The Morgan fingerprint density at radius 3 is 1.29 bits per heavy atom. The number of carbonyl (C=O) groups is 2. The number of ketones is 2. The Hall–Kier alpha value is -9.92. The van der Waals surface area contributed by atoms with Crippen molar-refractivity contribution in [1.29, 1.82) is 0 Å². The summed E-state index contributed by atoms with van der Waals surface area (Å²) in [4.78, 5) is 53.9. The van der Waals surface area contributed by atoms with Crippen LogP contribution < -0.4 is 14.2 Å². The number of hydrogen-bond donors (Lipinski definition) is 5. The van der Waals surface area contributed by atoms with E-state index >= 15 is 8.78 Å². The van der Waals surface area contributed by atoms with Gasteiger partial charge in [-0.25, -0.2) is 67.9 Å². The third kappa shape index (κ3) is 15.2. The SMILES string of the molecule is CCN(C)S(=O)(=O)Nc1cccc(C(=O)c2c[nH]c3ncnc(C)c23)c1F.CCN(C)S(=O)(=O)Nc1cccc(C(=O)c2cn(S(=O)(=O)c3ccc(C)cc3)c3ncnc(C)c23)c1F.CCN(C)S(=O)(=O)Nc1cccc(C(O)c2cn(S(=O)(=O)c3ccc(C)cc3)c3ncnc(C)c23)c1F. The fraction of sp³-hybridized carbons (Fsp3) is 0.231. The van der Waals surface area contributed by atoms with Crippen LogP contribution in [0.4, 0.5) is 30.2 Å². The largest absolute Gasteiger partial charge is 0.383 e. The lowest BCUT2D eigenvalue weighted by Crippen LogP contribution is -2.32. The summed E-state index contributed by atoms with van der Waals surface area (Å²) in [6.07, 6.45) is 5.80. The number of aromatic amines is 1. The van der Waals surface area contributed by atoms with E-state index in [9.17, 15) is 61.2 Å². The summed E-state index contributed by atoms with van der Waals surface area (Å²) in [6.45, 7) is 14.0. The number of benzene rings is 5. The average Bonchev–Trinajstić information content (AvgIpc) is 1.60. The van der Waals surface area contributed by atoms with Crippen LogP contribution in [0.1, 0.15) is 98.1 Å². The zero-order valence-corrected chi connectivity index (χ0v) is 60.0. The molecule has 0 fully saturated rings. The van der Waals surface area contributed by atoms with E-state index in [2.05, 4.69) is 49.1 Å². The molecular formula is C65H68F3N15O13S5. The molecule has 0 aliphatic rings. The zero-order chi connectivity index (χ0) is 74.0. The number of aryl methyl sites for hydroxylation is 5. The van der Waals surface area contributed by atoms with Crippen LogP contribution in [-0.4, -0.2) is 155 Å². The van der Waals surface area contributed by atoms with Crippen molar-refractivity contribution >= 4 is 112 Å². The van der Waals surface area contributed by atoms with Crippen molar-refractivity contribution in [1.82, 2.24) is 55.7 Å². The molecule has 101 heavy (non-hydrogen) atoms. The molecule has 6 heterocycles. The Labute approximate surface area is 580 Å². The number of aliphatic hydroxyl groups is 1. The highest BCUT2D eigenvalue weighted by Crippen LogP contribution is 2.37. The second-order valence-corrected chi connectivity index (χ2v) is 31.7. The third-order valence-electron chi connectivity index (χ3n) is 16.2. The first-order chi connectivity index (χ1) is 47.5. The number of aliphatic hydroxyl groups excluding tert-OH is 1. The van der Waals surface area contributed by atoms with E-state index < -0.39 is 97.0 Å². The normalized spacial score (nSPS) is 12.5. The lowest BCUT2D eigenvalue weighted by atomic mass is 10.00. The molecular weight excluding hydrogens is 1420 g/mol. The van der Waals surface area contributed by atoms with Crippen LogP contribution in [0.2, 0.25) is 0 Å². The smallest absolute Gasteiger partial charge is 0.301 e. The first-order valence-electron chi connectivity index (χ1n) is 30.5.